The number of rotatable bonds is 8. The first-order valence-electron chi connectivity index (χ1n) is 11.9. The zero-order chi connectivity index (χ0) is 22.3. The number of nitrogens with zero attached hydrogens (tertiary/aromatic N) is 2. The first-order valence-corrected chi connectivity index (χ1v) is 12.7. The van der Waals surface area contributed by atoms with Crippen molar-refractivity contribution in [2.45, 2.75) is 45.1 Å². The van der Waals surface area contributed by atoms with E-state index in [0.717, 1.165) is 56.9 Å². The first kappa shape index (κ1) is 23.1. The van der Waals surface area contributed by atoms with Gasteiger partial charge in [-0.05, 0) is 93.9 Å². The van der Waals surface area contributed by atoms with E-state index in [1.54, 1.807) is 0 Å². The lowest BCUT2D eigenvalue weighted by molar-refractivity contribution is 0.174. The van der Waals surface area contributed by atoms with Crippen molar-refractivity contribution in [2.24, 2.45) is 5.92 Å². The SMILES string of the molecule is CCOc1ccc(Br)c(CC2CCN(CCC3CCN(c4ccccc4)C(=O)N3)CC2)c1. The average Bonchev–Trinajstić information content (AvgIpc) is 2.81. The molecule has 2 aliphatic heterocycles. The molecule has 0 radical (unpaired) electrons. The molecule has 4 rings (SSSR count). The summed E-state index contributed by atoms with van der Waals surface area (Å²) >= 11 is 3.71. The summed E-state index contributed by atoms with van der Waals surface area (Å²) in [5.41, 5.74) is 2.33. The van der Waals surface area contributed by atoms with Gasteiger partial charge < -0.3 is 15.0 Å². The topological polar surface area (TPSA) is 44.8 Å². The molecule has 1 N–H and O–H groups in total. The average molecular weight is 500 g/mol. The molecule has 2 fully saturated rings. The van der Waals surface area contributed by atoms with Crippen LogP contribution in [0.5, 0.6) is 5.75 Å². The summed E-state index contributed by atoms with van der Waals surface area (Å²) in [6, 6.07) is 16.6. The Morgan fingerprint density at radius 2 is 1.84 bits per heavy atom. The number of para-hydroxylation sites is 1. The Hall–Kier alpha value is -2.05. The highest BCUT2D eigenvalue weighted by Crippen LogP contribution is 2.29. The number of likely N-dealkylation sites (tertiary alicyclic amines) is 1. The van der Waals surface area contributed by atoms with E-state index in [9.17, 15) is 4.79 Å². The molecule has 172 valence electrons. The van der Waals surface area contributed by atoms with Crippen LogP contribution in [0.25, 0.3) is 0 Å². The maximum atomic E-state index is 12.6. The lowest BCUT2D eigenvalue weighted by Crippen LogP contribution is -2.52. The van der Waals surface area contributed by atoms with Crippen molar-refractivity contribution < 1.29 is 9.53 Å². The van der Waals surface area contributed by atoms with E-state index in [0.29, 0.717) is 12.5 Å². The Balaban J connectivity index is 1.19. The smallest absolute Gasteiger partial charge is 0.322 e. The Bertz CT molecular complexity index is 884. The van der Waals surface area contributed by atoms with Crippen molar-refractivity contribution in [1.29, 1.82) is 0 Å². The van der Waals surface area contributed by atoms with Crippen LogP contribution >= 0.6 is 15.9 Å². The van der Waals surface area contributed by atoms with Crippen LogP contribution in [0, 0.1) is 5.92 Å². The molecule has 0 aromatic heterocycles. The highest BCUT2D eigenvalue weighted by molar-refractivity contribution is 9.10. The minimum absolute atomic E-state index is 0.0334. The van der Waals surface area contributed by atoms with Crippen LogP contribution < -0.4 is 15.0 Å². The van der Waals surface area contributed by atoms with Crippen molar-refractivity contribution in [3.63, 3.8) is 0 Å². The van der Waals surface area contributed by atoms with E-state index in [2.05, 4.69) is 38.3 Å². The monoisotopic (exact) mass is 499 g/mol. The van der Waals surface area contributed by atoms with Crippen LogP contribution in [-0.4, -0.2) is 49.8 Å². The zero-order valence-corrected chi connectivity index (χ0v) is 20.5. The number of amides is 2. The third-order valence-corrected chi connectivity index (χ3v) is 7.45. The Kier molecular flexibility index (Phi) is 8.09. The molecule has 0 bridgehead atoms. The van der Waals surface area contributed by atoms with Gasteiger partial charge in [-0.3, -0.25) is 4.90 Å². The maximum absolute atomic E-state index is 12.6. The van der Waals surface area contributed by atoms with Crippen LogP contribution in [0.15, 0.2) is 53.0 Å². The first-order chi connectivity index (χ1) is 15.6. The Morgan fingerprint density at radius 3 is 2.56 bits per heavy atom. The standard InChI is InChI=1S/C26H34BrN3O2/c1-2-32-24-8-9-25(27)21(19-24)18-20-10-14-29(15-11-20)16-12-22-13-17-30(26(31)28-22)23-6-4-3-5-7-23/h3-9,19-20,22H,2,10-18H2,1H3,(H,28,31). The summed E-state index contributed by atoms with van der Waals surface area (Å²) < 4.78 is 6.86. The van der Waals surface area contributed by atoms with Crippen molar-refractivity contribution in [3.8, 4) is 5.75 Å². The molecule has 2 amide bonds. The van der Waals surface area contributed by atoms with Gasteiger partial charge in [-0.15, -0.1) is 0 Å². The van der Waals surface area contributed by atoms with Crippen molar-refractivity contribution >= 4 is 27.6 Å². The van der Waals surface area contributed by atoms with E-state index in [1.165, 1.54) is 22.9 Å². The third kappa shape index (κ3) is 6.04. The minimum Gasteiger partial charge on any atom is -0.494 e. The lowest BCUT2D eigenvalue weighted by Gasteiger charge is -2.36. The van der Waals surface area contributed by atoms with Gasteiger partial charge in [0.05, 0.1) is 6.61 Å². The molecule has 0 aliphatic carbocycles. The van der Waals surface area contributed by atoms with Crippen LogP contribution in [0.4, 0.5) is 10.5 Å². The van der Waals surface area contributed by atoms with Gasteiger partial charge in [-0.1, -0.05) is 34.1 Å². The summed E-state index contributed by atoms with van der Waals surface area (Å²) in [5.74, 6) is 1.68. The van der Waals surface area contributed by atoms with Crippen LogP contribution in [0.3, 0.4) is 0 Å². The van der Waals surface area contributed by atoms with Gasteiger partial charge >= 0.3 is 6.03 Å². The molecule has 5 nitrogen and oxygen atoms in total. The number of piperidine rings is 1. The predicted molar refractivity (Wildman–Crippen MR) is 134 cm³/mol. The fraction of sp³-hybridized carbons (Fsp3) is 0.500. The van der Waals surface area contributed by atoms with Gasteiger partial charge in [-0.2, -0.15) is 0 Å². The number of hydrogen-bond donors (Lipinski definition) is 1. The summed E-state index contributed by atoms with van der Waals surface area (Å²) in [6.07, 6.45) is 5.58. The fourth-order valence-electron chi connectivity index (χ4n) is 4.81. The number of anilines is 1. The second-order valence-electron chi connectivity index (χ2n) is 8.89. The quantitative estimate of drug-likeness (QED) is 0.522. The van der Waals surface area contributed by atoms with Crippen molar-refractivity contribution in [3.05, 3.63) is 58.6 Å². The number of nitrogens with one attached hydrogen (secondary N) is 1. The number of ether oxygens (including phenoxy) is 1. The number of carbonyl (C=O) groups is 1. The molecule has 0 saturated carbocycles. The summed E-state index contributed by atoms with van der Waals surface area (Å²) in [7, 11) is 0. The highest BCUT2D eigenvalue weighted by atomic mass is 79.9. The van der Waals surface area contributed by atoms with E-state index in [-0.39, 0.29) is 12.1 Å². The largest absolute Gasteiger partial charge is 0.494 e. The van der Waals surface area contributed by atoms with Gasteiger partial charge in [0.25, 0.3) is 0 Å². The number of benzene rings is 2. The summed E-state index contributed by atoms with van der Waals surface area (Å²) in [6.45, 7) is 6.86. The van der Waals surface area contributed by atoms with Crippen LogP contribution in [0.2, 0.25) is 0 Å². The molecule has 6 heteroatoms. The van der Waals surface area contributed by atoms with Crippen molar-refractivity contribution in [2.75, 3.05) is 37.7 Å². The van der Waals surface area contributed by atoms with E-state index in [4.69, 9.17) is 4.74 Å². The maximum Gasteiger partial charge on any atom is 0.322 e. The van der Waals surface area contributed by atoms with E-state index in [1.807, 2.05) is 48.2 Å². The molecule has 0 spiro atoms. The van der Waals surface area contributed by atoms with Crippen molar-refractivity contribution in [1.82, 2.24) is 10.2 Å². The van der Waals surface area contributed by atoms with Gasteiger partial charge in [-0.25, -0.2) is 4.79 Å². The van der Waals surface area contributed by atoms with Gasteiger partial charge in [0, 0.05) is 29.3 Å². The molecule has 2 aromatic carbocycles. The number of urea groups is 1. The van der Waals surface area contributed by atoms with Crippen LogP contribution in [0.1, 0.15) is 38.2 Å². The zero-order valence-electron chi connectivity index (χ0n) is 18.9. The highest BCUT2D eigenvalue weighted by Gasteiger charge is 2.27. The van der Waals surface area contributed by atoms with E-state index < -0.39 is 0 Å². The second-order valence-corrected chi connectivity index (χ2v) is 9.74. The molecule has 1 unspecified atom stereocenters. The molecule has 2 aromatic rings. The Morgan fingerprint density at radius 1 is 1.06 bits per heavy atom. The molecule has 32 heavy (non-hydrogen) atoms. The number of halogens is 1. The molecule has 2 saturated heterocycles. The van der Waals surface area contributed by atoms with Gasteiger partial charge in [0.1, 0.15) is 5.75 Å². The molecular formula is C26H34BrN3O2. The number of hydrogen-bond acceptors (Lipinski definition) is 3. The summed E-state index contributed by atoms with van der Waals surface area (Å²) in [4.78, 5) is 17.0. The molecule has 2 aliphatic rings. The van der Waals surface area contributed by atoms with Gasteiger partial charge in [0.2, 0.25) is 0 Å². The second kappa shape index (κ2) is 11.2. The molecule has 2 heterocycles. The Labute approximate surface area is 200 Å². The molecule has 1 atom stereocenters. The molecular weight excluding hydrogens is 466 g/mol. The number of carbonyl (C=O) groups excluding carboxylic acids is 1. The third-order valence-electron chi connectivity index (χ3n) is 6.68. The van der Waals surface area contributed by atoms with Crippen LogP contribution in [-0.2, 0) is 6.42 Å². The van der Waals surface area contributed by atoms with E-state index >= 15 is 0 Å². The summed E-state index contributed by atoms with van der Waals surface area (Å²) in [5, 5.41) is 3.21. The fourth-order valence-corrected chi connectivity index (χ4v) is 5.22. The lowest BCUT2D eigenvalue weighted by atomic mass is 9.90. The normalized spacial score (nSPS) is 20.2. The van der Waals surface area contributed by atoms with Gasteiger partial charge in [0.15, 0.2) is 0 Å². The minimum atomic E-state index is 0.0334. The predicted octanol–water partition coefficient (Wildman–Crippen LogP) is 5.48.